The summed E-state index contributed by atoms with van der Waals surface area (Å²) >= 11 is 0. The van der Waals surface area contributed by atoms with Gasteiger partial charge in [0.2, 0.25) is 0 Å². The highest BCUT2D eigenvalue weighted by Crippen LogP contribution is 2.34. The number of carbonyl (C=O) groups is 3. The molecule has 0 amide bonds. The van der Waals surface area contributed by atoms with E-state index in [-0.39, 0.29) is 6.61 Å². The lowest BCUT2D eigenvalue weighted by Gasteiger charge is -2.40. The van der Waals surface area contributed by atoms with Gasteiger partial charge in [-0.15, -0.1) is 0 Å². The zero-order valence-electron chi connectivity index (χ0n) is 13.3. The van der Waals surface area contributed by atoms with Crippen LogP contribution in [0, 0.1) is 0 Å². The van der Waals surface area contributed by atoms with Crippen LogP contribution in [-0.4, -0.2) is 61.5 Å². The first-order chi connectivity index (χ1) is 10.8. The highest BCUT2D eigenvalue weighted by atomic mass is 16.8. The summed E-state index contributed by atoms with van der Waals surface area (Å²) in [5.74, 6) is -1.67. The molecule has 0 bridgehead atoms. The highest BCUT2D eigenvalue weighted by molar-refractivity contribution is 5.67. The zero-order chi connectivity index (χ0) is 17.1. The molecular weight excluding hydrogens is 312 g/mol. The van der Waals surface area contributed by atoms with Crippen molar-refractivity contribution in [2.45, 2.75) is 64.7 Å². The monoisotopic (exact) mass is 332 g/mol. The van der Waals surface area contributed by atoms with Gasteiger partial charge in [-0.1, -0.05) is 0 Å². The first-order valence-corrected chi connectivity index (χ1v) is 7.22. The molecule has 9 heteroatoms. The van der Waals surface area contributed by atoms with Crippen LogP contribution in [-0.2, 0) is 42.8 Å². The first kappa shape index (κ1) is 17.6. The molecular formula is C14H20O9. The standard InChI is InChI=1S/C14H20O9/c1-6(15)18-5-10-11(19-7(2)16)12(20-8(3)17)13-14(23-10)22-9(4)21-13/h9-14H,5H2,1-4H3/t9?,10-,11-,12-,13-,14+/m1/s1. The highest BCUT2D eigenvalue weighted by Gasteiger charge is 2.55. The molecule has 0 aliphatic carbocycles. The van der Waals surface area contributed by atoms with Crippen molar-refractivity contribution in [3.05, 3.63) is 0 Å². The van der Waals surface area contributed by atoms with Crippen molar-refractivity contribution < 1.29 is 42.8 Å². The summed E-state index contributed by atoms with van der Waals surface area (Å²) in [7, 11) is 0. The molecule has 2 fully saturated rings. The van der Waals surface area contributed by atoms with E-state index in [1.807, 2.05) is 0 Å². The van der Waals surface area contributed by atoms with Crippen molar-refractivity contribution in [2.24, 2.45) is 0 Å². The maximum Gasteiger partial charge on any atom is 0.303 e. The van der Waals surface area contributed by atoms with Crippen LogP contribution >= 0.6 is 0 Å². The molecule has 0 aromatic heterocycles. The van der Waals surface area contributed by atoms with Crippen LogP contribution < -0.4 is 0 Å². The molecule has 2 aliphatic rings. The van der Waals surface area contributed by atoms with Crippen LogP contribution in [0.15, 0.2) is 0 Å². The van der Waals surface area contributed by atoms with Crippen LogP contribution in [0.3, 0.4) is 0 Å². The summed E-state index contributed by atoms with van der Waals surface area (Å²) in [6.07, 6.45) is -4.89. The zero-order valence-corrected chi connectivity index (χ0v) is 13.3. The Morgan fingerprint density at radius 1 is 0.870 bits per heavy atom. The van der Waals surface area contributed by atoms with E-state index < -0.39 is 54.9 Å². The summed E-state index contributed by atoms with van der Waals surface area (Å²) in [5, 5.41) is 0. The van der Waals surface area contributed by atoms with Crippen LogP contribution in [0.5, 0.6) is 0 Å². The second kappa shape index (κ2) is 7.24. The summed E-state index contributed by atoms with van der Waals surface area (Å²) < 4.78 is 32.1. The van der Waals surface area contributed by atoms with E-state index in [2.05, 4.69) is 0 Å². The summed E-state index contributed by atoms with van der Waals surface area (Å²) in [5.41, 5.74) is 0. The average Bonchev–Trinajstić information content (AvgIpc) is 2.78. The quantitative estimate of drug-likeness (QED) is 0.515. The molecule has 23 heavy (non-hydrogen) atoms. The van der Waals surface area contributed by atoms with Gasteiger partial charge in [-0.2, -0.15) is 0 Å². The number of hydrogen-bond donors (Lipinski definition) is 0. The molecule has 2 rings (SSSR count). The number of fused-ring (bicyclic) bond motifs is 1. The third-order valence-corrected chi connectivity index (χ3v) is 3.32. The maximum atomic E-state index is 11.4. The van der Waals surface area contributed by atoms with Gasteiger partial charge in [-0.25, -0.2) is 0 Å². The lowest BCUT2D eigenvalue weighted by Crippen LogP contribution is -2.60. The second-order valence-electron chi connectivity index (χ2n) is 5.30. The molecule has 0 spiro atoms. The predicted octanol–water partition coefficient (Wildman–Crippen LogP) is -0.101. The van der Waals surface area contributed by atoms with Crippen LogP contribution in [0.25, 0.3) is 0 Å². The van der Waals surface area contributed by atoms with Crippen LogP contribution in [0.2, 0.25) is 0 Å². The number of esters is 3. The minimum absolute atomic E-state index is 0.175. The Balaban J connectivity index is 2.23. The van der Waals surface area contributed by atoms with E-state index in [1.54, 1.807) is 6.92 Å². The SMILES string of the molecule is CC(=O)OC[C@H]1O[C@@H]2OC(C)O[C@@H]2[C@H](OC(C)=O)[C@@H]1OC(C)=O. The molecule has 2 heterocycles. The Bertz CT molecular complexity index is 477. The van der Waals surface area contributed by atoms with Gasteiger partial charge in [0.05, 0.1) is 0 Å². The topological polar surface area (TPSA) is 107 Å². The summed E-state index contributed by atoms with van der Waals surface area (Å²) in [4.78, 5) is 33.8. The molecule has 0 N–H and O–H groups in total. The van der Waals surface area contributed by atoms with Gasteiger partial charge >= 0.3 is 17.9 Å². The smallest absolute Gasteiger partial charge is 0.303 e. The molecule has 2 aliphatic heterocycles. The third-order valence-electron chi connectivity index (χ3n) is 3.32. The average molecular weight is 332 g/mol. The fraction of sp³-hybridized carbons (Fsp3) is 0.786. The predicted molar refractivity (Wildman–Crippen MR) is 71.8 cm³/mol. The van der Waals surface area contributed by atoms with Crippen LogP contribution in [0.1, 0.15) is 27.7 Å². The van der Waals surface area contributed by atoms with Crippen LogP contribution in [0.4, 0.5) is 0 Å². The minimum Gasteiger partial charge on any atom is -0.463 e. The van der Waals surface area contributed by atoms with E-state index in [0.717, 1.165) is 0 Å². The van der Waals surface area contributed by atoms with Gasteiger partial charge in [0.15, 0.2) is 30.9 Å². The van der Waals surface area contributed by atoms with E-state index in [0.29, 0.717) is 0 Å². The Morgan fingerprint density at radius 3 is 2.04 bits per heavy atom. The largest absolute Gasteiger partial charge is 0.463 e. The molecule has 0 saturated carbocycles. The number of ether oxygens (including phenoxy) is 6. The minimum atomic E-state index is -0.981. The normalized spacial score (nSPS) is 36.0. The van der Waals surface area contributed by atoms with Crippen molar-refractivity contribution in [2.75, 3.05) is 6.61 Å². The van der Waals surface area contributed by atoms with E-state index in [1.165, 1.54) is 20.8 Å². The molecule has 2 saturated heterocycles. The number of carbonyl (C=O) groups excluding carboxylic acids is 3. The lowest BCUT2D eigenvalue weighted by atomic mass is 9.98. The first-order valence-electron chi connectivity index (χ1n) is 7.22. The van der Waals surface area contributed by atoms with E-state index >= 15 is 0 Å². The molecule has 9 nitrogen and oxygen atoms in total. The molecule has 0 radical (unpaired) electrons. The number of hydrogen-bond acceptors (Lipinski definition) is 9. The maximum absolute atomic E-state index is 11.4. The van der Waals surface area contributed by atoms with Gasteiger partial charge < -0.3 is 28.4 Å². The van der Waals surface area contributed by atoms with Crippen molar-refractivity contribution >= 4 is 17.9 Å². The van der Waals surface area contributed by atoms with Crippen molar-refractivity contribution in [1.82, 2.24) is 0 Å². The summed E-state index contributed by atoms with van der Waals surface area (Å²) in [6, 6.07) is 0. The third kappa shape index (κ3) is 4.40. The fourth-order valence-corrected chi connectivity index (χ4v) is 2.57. The fourth-order valence-electron chi connectivity index (χ4n) is 2.57. The van der Waals surface area contributed by atoms with Gasteiger partial charge in [-0.05, 0) is 6.92 Å². The number of rotatable bonds is 4. The van der Waals surface area contributed by atoms with Gasteiger partial charge in [-0.3, -0.25) is 14.4 Å². The molecule has 6 atom stereocenters. The van der Waals surface area contributed by atoms with Gasteiger partial charge in [0.1, 0.15) is 12.7 Å². The Morgan fingerprint density at radius 2 is 1.48 bits per heavy atom. The molecule has 0 aromatic carbocycles. The van der Waals surface area contributed by atoms with E-state index in [9.17, 15) is 14.4 Å². The van der Waals surface area contributed by atoms with Crippen molar-refractivity contribution in [1.29, 1.82) is 0 Å². The Kier molecular flexibility index (Phi) is 5.55. The van der Waals surface area contributed by atoms with E-state index in [4.69, 9.17) is 28.4 Å². The summed E-state index contributed by atoms with van der Waals surface area (Å²) in [6.45, 7) is 5.18. The van der Waals surface area contributed by atoms with Crippen molar-refractivity contribution in [3.8, 4) is 0 Å². The Labute approximate surface area is 133 Å². The second-order valence-corrected chi connectivity index (χ2v) is 5.30. The lowest BCUT2D eigenvalue weighted by molar-refractivity contribution is -0.264. The molecule has 1 unspecified atom stereocenters. The molecule has 0 aromatic rings. The van der Waals surface area contributed by atoms with Gasteiger partial charge in [0, 0.05) is 20.8 Å². The van der Waals surface area contributed by atoms with Crippen molar-refractivity contribution in [3.63, 3.8) is 0 Å². The Hall–Kier alpha value is -1.71. The van der Waals surface area contributed by atoms with Gasteiger partial charge in [0.25, 0.3) is 0 Å². The molecule has 130 valence electrons.